The van der Waals surface area contributed by atoms with E-state index in [1.807, 2.05) is 24.3 Å². The lowest BCUT2D eigenvalue weighted by atomic mass is 10.0. The summed E-state index contributed by atoms with van der Waals surface area (Å²) in [6.07, 6.45) is 1.04. The second-order valence-corrected chi connectivity index (χ2v) is 6.89. The minimum Gasteiger partial charge on any atom is -0.477 e. The Morgan fingerprint density at radius 2 is 1.58 bits per heavy atom. The number of hydrogen-bond acceptors (Lipinski definition) is 4. The van der Waals surface area contributed by atoms with Crippen molar-refractivity contribution in [3.8, 4) is 11.1 Å². The number of nitrogens with zero attached hydrogens (tertiary/aromatic N) is 1. The number of aliphatic hydroxyl groups excluding tert-OH is 1. The van der Waals surface area contributed by atoms with Gasteiger partial charge in [-0.2, -0.15) is 0 Å². The number of amides is 1. The Labute approximate surface area is 176 Å². The van der Waals surface area contributed by atoms with Crippen molar-refractivity contribution in [2.45, 2.75) is 6.61 Å². The molecule has 1 heterocycles. The molecule has 0 fully saturated rings. The summed E-state index contributed by atoms with van der Waals surface area (Å²) in [5.41, 5.74) is 2.06. The number of carboxylic acid groups (broad SMARTS) is 1. The molecule has 0 spiro atoms. The van der Waals surface area contributed by atoms with Crippen LogP contribution in [0.2, 0.25) is 0 Å². The molecule has 7 nitrogen and oxygen atoms in total. The molecule has 0 unspecified atom stereocenters. The summed E-state index contributed by atoms with van der Waals surface area (Å²) in [7, 11) is 0. The van der Waals surface area contributed by atoms with Gasteiger partial charge in [0.15, 0.2) is 0 Å². The highest BCUT2D eigenvalue weighted by atomic mass is 16.4. The Bertz CT molecular complexity index is 1360. The number of carbonyl (C=O) groups is 2. The van der Waals surface area contributed by atoms with Crippen LogP contribution in [0.1, 0.15) is 15.9 Å². The lowest BCUT2D eigenvalue weighted by molar-refractivity contribution is 0.0695. The molecule has 4 aromatic rings. The zero-order valence-corrected chi connectivity index (χ0v) is 16.3. The van der Waals surface area contributed by atoms with Crippen LogP contribution >= 0.6 is 0 Å². The van der Waals surface area contributed by atoms with E-state index < -0.39 is 23.0 Å². The van der Waals surface area contributed by atoms with Crippen LogP contribution in [0.5, 0.6) is 0 Å². The van der Waals surface area contributed by atoms with Gasteiger partial charge in [-0.1, -0.05) is 54.6 Å². The number of pyridine rings is 1. The number of anilines is 1. The predicted octanol–water partition coefficient (Wildman–Crippen LogP) is 3.94. The summed E-state index contributed by atoms with van der Waals surface area (Å²) in [6.45, 7) is -0.0655. The molecule has 3 aromatic carbocycles. The van der Waals surface area contributed by atoms with E-state index in [1.165, 1.54) is 6.07 Å². The molecule has 1 amide bonds. The van der Waals surface area contributed by atoms with Crippen molar-refractivity contribution in [2.75, 3.05) is 5.32 Å². The van der Waals surface area contributed by atoms with E-state index in [1.54, 1.807) is 42.5 Å². The Morgan fingerprint density at radius 3 is 2.29 bits per heavy atom. The van der Waals surface area contributed by atoms with E-state index in [0.717, 1.165) is 27.5 Å². The second-order valence-electron chi connectivity index (χ2n) is 6.89. The maximum absolute atomic E-state index is 13.1. The summed E-state index contributed by atoms with van der Waals surface area (Å²) in [5, 5.41) is 21.6. The minimum atomic E-state index is -1.40. The van der Waals surface area contributed by atoms with E-state index in [-0.39, 0.29) is 12.0 Å². The number of fused-ring (bicyclic) bond motifs is 1. The monoisotopic (exact) mass is 414 g/mol. The van der Waals surface area contributed by atoms with Gasteiger partial charge >= 0.3 is 12.0 Å². The maximum atomic E-state index is 13.1. The number of nitrogens with one attached hydrogen (secondary N) is 1. The zero-order valence-electron chi connectivity index (χ0n) is 16.3. The average Bonchev–Trinajstić information content (AvgIpc) is 2.79. The molecule has 7 heteroatoms. The van der Waals surface area contributed by atoms with E-state index in [4.69, 9.17) is 0 Å². The first-order valence-corrected chi connectivity index (χ1v) is 9.48. The van der Waals surface area contributed by atoms with Crippen LogP contribution in [0.3, 0.4) is 0 Å². The smallest absolute Gasteiger partial charge is 0.341 e. The summed E-state index contributed by atoms with van der Waals surface area (Å²) >= 11 is 0. The Hall–Kier alpha value is -4.23. The molecule has 0 aliphatic carbocycles. The molecule has 0 aliphatic rings. The standard InChI is InChI=1S/C24H18N2O5/c27-14-15-9-11-16(12-10-15)17-5-1-3-7-20(17)25-24(31)26-13-19(23(29)30)22(28)18-6-2-4-8-21(18)26/h1-13,27H,14H2,(H,25,31)(H,29,30). The average molecular weight is 414 g/mol. The number of para-hydroxylation sites is 2. The predicted molar refractivity (Wildman–Crippen MR) is 117 cm³/mol. The molecule has 4 rings (SSSR count). The third-order valence-electron chi connectivity index (χ3n) is 4.98. The third-order valence-corrected chi connectivity index (χ3v) is 4.98. The lowest BCUT2D eigenvalue weighted by Crippen LogP contribution is -2.25. The molecule has 0 atom stereocenters. The summed E-state index contributed by atoms with van der Waals surface area (Å²) < 4.78 is 1.13. The van der Waals surface area contributed by atoms with E-state index in [0.29, 0.717) is 11.2 Å². The van der Waals surface area contributed by atoms with Gasteiger partial charge in [0.1, 0.15) is 5.56 Å². The number of carbonyl (C=O) groups excluding carboxylic acids is 1. The molecule has 0 saturated heterocycles. The Morgan fingerprint density at radius 1 is 0.903 bits per heavy atom. The largest absolute Gasteiger partial charge is 0.477 e. The first kappa shape index (κ1) is 20.1. The van der Waals surface area contributed by atoms with Crippen molar-refractivity contribution in [3.05, 3.63) is 100 Å². The van der Waals surface area contributed by atoms with Crippen LogP contribution in [-0.4, -0.2) is 26.8 Å². The van der Waals surface area contributed by atoms with Gasteiger partial charge in [-0.25, -0.2) is 9.59 Å². The van der Waals surface area contributed by atoms with Crippen LogP contribution in [0.25, 0.3) is 22.0 Å². The highest BCUT2D eigenvalue weighted by Gasteiger charge is 2.18. The number of benzene rings is 3. The van der Waals surface area contributed by atoms with Crippen molar-refractivity contribution in [1.82, 2.24) is 4.57 Å². The first-order valence-electron chi connectivity index (χ1n) is 9.48. The van der Waals surface area contributed by atoms with Crippen LogP contribution < -0.4 is 10.7 Å². The Kier molecular flexibility index (Phi) is 5.34. The number of hydrogen-bond donors (Lipinski definition) is 3. The van der Waals surface area contributed by atoms with Gasteiger partial charge in [-0.05, 0) is 29.3 Å². The molecule has 154 valence electrons. The van der Waals surface area contributed by atoms with Gasteiger partial charge in [0.05, 0.1) is 17.8 Å². The molecular weight excluding hydrogens is 396 g/mol. The molecule has 3 N–H and O–H groups in total. The highest BCUT2D eigenvalue weighted by Crippen LogP contribution is 2.28. The molecule has 0 bridgehead atoms. The van der Waals surface area contributed by atoms with Crippen molar-refractivity contribution >= 4 is 28.6 Å². The summed E-state index contributed by atoms with van der Waals surface area (Å²) in [6, 6.07) is 20.2. The minimum absolute atomic E-state index is 0.0655. The fraction of sp³-hybridized carbons (Fsp3) is 0.0417. The van der Waals surface area contributed by atoms with Gasteiger partial charge in [-0.15, -0.1) is 0 Å². The molecule has 1 aromatic heterocycles. The Balaban J connectivity index is 1.78. The van der Waals surface area contributed by atoms with Crippen molar-refractivity contribution in [2.24, 2.45) is 0 Å². The molecule has 0 aliphatic heterocycles. The highest BCUT2D eigenvalue weighted by molar-refractivity contribution is 6.02. The number of aromatic nitrogens is 1. The number of aliphatic hydroxyl groups is 1. The SMILES string of the molecule is O=C(O)c1cn(C(=O)Nc2ccccc2-c2ccc(CO)cc2)c2ccccc2c1=O. The van der Waals surface area contributed by atoms with Crippen molar-refractivity contribution in [3.63, 3.8) is 0 Å². The van der Waals surface area contributed by atoms with Crippen LogP contribution in [-0.2, 0) is 6.61 Å². The van der Waals surface area contributed by atoms with Crippen LogP contribution in [0.15, 0.2) is 83.8 Å². The van der Waals surface area contributed by atoms with Gasteiger partial charge < -0.3 is 15.5 Å². The van der Waals surface area contributed by atoms with E-state index in [2.05, 4.69) is 5.32 Å². The number of carboxylic acids is 1. The van der Waals surface area contributed by atoms with Crippen LogP contribution in [0, 0.1) is 0 Å². The quantitative estimate of drug-likeness (QED) is 0.469. The summed E-state index contributed by atoms with van der Waals surface area (Å²) in [5.74, 6) is -1.40. The molecule has 0 radical (unpaired) electrons. The fourth-order valence-electron chi connectivity index (χ4n) is 3.41. The van der Waals surface area contributed by atoms with Gasteiger partial charge in [0.2, 0.25) is 5.43 Å². The number of aromatic carboxylic acids is 1. The van der Waals surface area contributed by atoms with E-state index >= 15 is 0 Å². The fourth-order valence-corrected chi connectivity index (χ4v) is 3.41. The topological polar surface area (TPSA) is 109 Å². The molecule has 0 saturated carbocycles. The van der Waals surface area contributed by atoms with E-state index in [9.17, 15) is 24.6 Å². The normalized spacial score (nSPS) is 10.7. The van der Waals surface area contributed by atoms with Gasteiger partial charge in [0, 0.05) is 17.1 Å². The second kappa shape index (κ2) is 8.25. The molecule has 31 heavy (non-hydrogen) atoms. The summed E-state index contributed by atoms with van der Waals surface area (Å²) in [4.78, 5) is 37.1. The lowest BCUT2D eigenvalue weighted by Gasteiger charge is -2.15. The number of rotatable bonds is 4. The maximum Gasteiger partial charge on any atom is 0.341 e. The molecular formula is C24H18N2O5. The van der Waals surface area contributed by atoms with Crippen LogP contribution in [0.4, 0.5) is 10.5 Å². The van der Waals surface area contributed by atoms with Gasteiger partial charge in [-0.3, -0.25) is 9.36 Å². The zero-order chi connectivity index (χ0) is 22.0. The van der Waals surface area contributed by atoms with Crippen molar-refractivity contribution < 1.29 is 19.8 Å². The van der Waals surface area contributed by atoms with Gasteiger partial charge in [0.25, 0.3) is 0 Å². The first-order chi connectivity index (χ1) is 15.0. The van der Waals surface area contributed by atoms with Crippen molar-refractivity contribution in [1.29, 1.82) is 0 Å². The third kappa shape index (κ3) is 3.82.